The summed E-state index contributed by atoms with van der Waals surface area (Å²) in [6, 6.07) is 0. The van der Waals surface area contributed by atoms with E-state index in [0.29, 0.717) is 26.3 Å². The Morgan fingerprint density at radius 1 is 1.50 bits per heavy atom. The van der Waals surface area contributed by atoms with Crippen LogP contribution < -0.4 is 4.44 Å². The number of carbonyl (C=O) groups excluding carboxylic acids is 1. The van der Waals surface area contributed by atoms with Gasteiger partial charge >= 0.3 is 94.5 Å². The summed E-state index contributed by atoms with van der Waals surface area (Å²) in [5.74, 6) is 0. The molecular formula is C5H12GaIN2O3. The first-order valence-corrected chi connectivity index (χ1v) is 7.36. The van der Waals surface area contributed by atoms with Crippen molar-refractivity contribution < 1.29 is 11.4 Å². The van der Waals surface area contributed by atoms with Gasteiger partial charge in [-0.15, -0.1) is 0 Å². The van der Waals surface area contributed by atoms with Gasteiger partial charge in [0.05, 0.1) is 0 Å². The Labute approximate surface area is 94.1 Å². The van der Waals surface area contributed by atoms with E-state index in [1.807, 2.05) is 0 Å². The van der Waals surface area contributed by atoms with Gasteiger partial charge in [0.1, 0.15) is 0 Å². The predicted molar refractivity (Wildman–Crippen MR) is 54.9 cm³/mol. The van der Waals surface area contributed by atoms with Crippen molar-refractivity contribution in [3.8, 4) is 0 Å². The minimum absolute atomic E-state index is 0.545. The van der Waals surface area contributed by atoms with Crippen LogP contribution in [0.25, 0.3) is 0 Å². The second kappa shape index (κ2) is 9.80. The molecule has 0 heterocycles. The van der Waals surface area contributed by atoms with Crippen LogP contribution in [-0.2, 0) is 11.4 Å². The van der Waals surface area contributed by atoms with Gasteiger partial charge < -0.3 is 0 Å². The number of nitrogens with two attached hydrogens (primary N) is 1. The molecule has 0 aliphatic rings. The summed E-state index contributed by atoms with van der Waals surface area (Å²) in [4.78, 5) is 12.0. The molecule has 0 aromatic carbocycles. The fraction of sp³-hybridized carbons (Fsp3) is 0.800. The molecule has 0 aromatic rings. The van der Waals surface area contributed by atoms with E-state index in [4.69, 9.17) is 11.0 Å². The van der Waals surface area contributed by atoms with Gasteiger partial charge in [-0.25, -0.2) is 0 Å². The van der Waals surface area contributed by atoms with Crippen LogP contribution in [0.4, 0.5) is 0 Å². The molecule has 0 fully saturated rings. The maximum atomic E-state index is 10.4. The average molecular weight is 345 g/mol. The topological polar surface area (TPSA) is 64.8 Å². The third-order valence-corrected chi connectivity index (χ3v) is 2.79. The van der Waals surface area contributed by atoms with Gasteiger partial charge in [0.2, 0.25) is 0 Å². The Bertz CT molecular complexity index is 119. The van der Waals surface area contributed by atoms with Crippen molar-refractivity contribution >= 4 is 47.4 Å². The standard InChI is InChI=1S/C5H9INO3.Ga.H2N.H/c6-10-4-2-7(5-9)1-3-8;;;/h5H,1-4H2;;1H2;/q-1;+2;-1;. The van der Waals surface area contributed by atoms with Crippen LogP contribution in [0.5, 0.6) is 0 Å². The van der Waals surface area contributed by atoms with Crippen molar-refractivity contribution in [3.63, 3.8) is 0 Å². The third-order valence-electron chi connectivity index (χ3n) is 1.25. The zero-order chi connectivity index (χ0) is 9.23. The monoisotopic (exact) mass is 344 g/mol. The number of carbonyl (C=O) groups is 1. The normalized spacial score (nSPS) is 9.50. The van der Waals surface area contributed by atoms with Gasteiger partial charge in [0.25, 0.3) is 0 Å². The van der Waals surface area contributed by atoms with Crippen LogP contribution in [0.2, 0.25) is 0 Å². The summed E-state index contributed by atoms with van der Waals surface area (Å²) >= 11 is 0.609. The quantitative estimate of drug-likeness (QED) is 0.267. The van der Waals surface area contributed by atoms with Gasteiger partial charge in [-0.2, -0.15) is 0 Å². The molecule has 0 bridgehead atoms. The van der Waals surface area contributed by atoms with Crippen LogP contribution in [0.15, 0.2) is 0 Å². The molecule has 0 spiro atoms. The predicted octanol–water partition coefficient (Wildman–Crippen LogP) is -0.947. The Morgan fingerprint density at radius 3 is 2.67 bits per heavy atom. The van der Waals surface area contributed by atoms with Gasteiger partial charge in [0, 0.05) is 0 Å². The number of amides is 1. The van der Waals surface area contributed by atoms with Crippen LogP contribution >= 0.6 is 23.0 Å². The SMILES string of the molecule is [NH2][GaH][O]CCN(C=O)CCOI. The molecule has 70 valence electrons. The summed E-state index contributed by atoms with van der Waals surface area (Å²) in [5.41, 5.74) is 0. The van der Waals surface area contributed by atoms with Crippen LogP contribution in [0.3, 0.4) is 0 Å². The molecule has 0 aliphatic carbocycles. The molecule has 12 heavy (non-hydrogen) atoms. The summed E-state index contributed by atoms with van der Waals surface area (Å²) in [6.07, 6.45) is 0.794. The van der Waals surface area contributed by atoms with Gasteiger partial charge in [-0.05, 0) is 0 Å². The van der Waals surface area contributed by atoms with Gasteiger partial charge in [0.15, 0.2) is 0 Å². The van der Waals surface area contributed by atoms with E-state index in [0.717, 1.165) is 6.41 Å². The van der Waals surface area contributed by atoms with E-state index < -0.39 is 18.0 Å². The first kappa shape index (κ1) is 12.7. The van der Waals surface area contributed by atoms with E-state index >= 15 is 0 Å². The Hall–Kier alpha value is 0.716. The van der Waals surface area contributed by atoms with E-state index in [1.165, 1.54) is 0 Å². The molecule has 7 heteroatoms. The number of hydrogen-bond donors (Lipinski definition) is 1. The van der Waals surface area contributed by atoms with E-state index in [9.17, 15) is 4.79 Å². The van der Waals surface area contributed by atoms with Crippen LogP contribution in [0.1, 0.15) is 0 Å². The van der Waals surface area contributed by atoms with E-state index in [2.05, 4.69) is 0 Å². The molecule has 5 nitrogen and oxygen atoms in total. The molecule has 0 unspecified atom stereocenters. The molecule has 0 saturated carbocycles. The van der Waals surface area contributed by atoms with Crippen molar-refractivity contribution in [1.82, 2.24) is 4.90 Å². The first-order chi connectivity index (χ1) is 5.85. The summed E-state index contributed by atoms with van der Waals surface area (Å²) in [7, 11) is 0. The number of halogens is 1. The molecule has 0 radical (unpaired) electrons. The Balaban J connectivity index is 3.32. The molecule has 0 aliphatic heterocycles. The zero-order valence-corrected chi connectivity index (χ0v) is 11.9. The molecule has 0 rings (SSSR count). The Morgan fingerprint density at radius 2 is 2.17 bits per heavy atom. The second-order valence-corrected chi connectivity index (χ2v) is 4.21. The average Bonchev–Trinajstić information content (AvgIpc) is 2.11. The molecule has 0 saturated heterocycles. The summed E-state index contributed by atoms with van der Waals surface area (Å²) in [5, 5.41) is 0. The van der Waals surface area contributed by atoms with Crippen LogP contribution in [0, 0.1) is 0 Å². The van der Waals surface area contributed by atoms with E-state index in [-0.39, 0.29) is 0 Å². The molecular weight excluding hydrogens is 333 g/mol. The van der Waals surface area contributed by atoms with Crippen molar-refractivity contribution in [2.45, 2.75) is 0 Å². The number of rotatable bonds is 8. The molecule has 2 N–H and O–H groups in total. The van der Waals surface area contributed by atoms with Crippen molar-refractivity contribution in [2.75, 3.05) is 26.3 Å². The van der Waals surface area contributed by atoms with E-state index in [1.54, 1.807) is 27.9 Å². The first-order valence-electron chi connectivity index (χ1n) is 3.55. The maximum absolute atomic E-state index is 10.4. The molecule has 1 amide bonds. The second-order valence-electron chi connectivity index (χ2n) is 2.03. The van der Waals surface area contributed by atoms with Crippen molar-refractivity contribution in [1.29, 1.82) is 0 Å². The number of nitrogens with zero attached hydrogens (tertiary/aromatic N) is 1. The molecule has 0 aromatic heterocycles. The summed E-state index contributed by atoms with van der Waals surface area (Å²) in [6.45, 7) is 2.30. The van der Waals surface area contributed by atoms with Crippen molar-refractivity contribution in [2.24, 2.45) is 4.44 Å². The number of hydrogen-bond acceptors (Lipinski definition) is 4. The molecule has 0 atom stereocenters. The fourth-order valence-electron chi connectivity index (χ4n) is 0.634. The third kappa shape index (κ3) is 7.37. The fourth-order valence-corrected chi connectivity index (χ4v) is 1.45. The summed E-state index contributed by atoms with van der Waals surface area (Å²) < 4.78 is 15.2. The van der Waals surface area contributed by atoms with Gasteiger partial charge in [-0.3, -0.25) is 0 Å². The zero-order valence-electron chi connectivity index (χ0n) is 6.74. The van der Waals surface area contributed by atoms with Gasteiger partial charge in [-0.1, -0.05) is 0 Å². The minimum atomic E-state index is -1.19. The van der Waals surface area contributed by atoms with Crippen LogP contribution in [-0.4, -0.2) is 55.6 Å². The Kier molecular flexibility index (Phi) is 10.4. The van der Waals surface area contributed by atoms with Crippen molar-refractivity contribution in [3.05, 3.63) is 0 Å².